The molecule has 1 aromatic carbocycles. The van der Waals surface area contributed by atoms with Gasteiger partial charge in [-0.25, -0.2) is 9.59 Å². The van der Waals surface area contributed by atoms with Crippen molar-refractivity contribution < 1.29 is 23.8 Å². The van der Waals surface area contributed by atoms with Crippen LogP contribution in [0.5, 0.6) is 5.75 Å². The second-order valence-electron chi connectivity index (χ2n) is 3.85. The second kappa shape index (κ2) is 6.58. The standard InChI is InChI=1S/C14H16O5/c1-9-6-5-7-10(2)13(9)19-11(14(16)18-4)8-12(15)17-3/h5-8H,1-4H3. The minimum atomic E-state index is -0.743. The Kier molecular flexibility index (Phi) is 5.11. The van der Waals surface area contributed by atoms with Crippen molar-refractivity contribution in [2.24, 2.45) is 0 Å². The largest absolute Gasteiger partial charge is 0.466 e. The summed E-state index contributed by atoms with van der Waals surface area (Å²) in [6.07, 6.45) is 0.956. The van der Waals surface area contributed by atoms with Crippen molar-refractivity contribution in [1.29, 1.82) is 0 Å². The molecule has 19 heavy (non-hydrogen) atoms. The van der Waals surface area contributed by atoms with Gasteiger partial charge in [-0.1, -0.05) is 18.2 Å². The molecule has 0 atom stereocenters. The van der Waals surface area contributed by atoms with Crippen LogP contribution in [0.3, 0.4) is 0 Å². The third-order valence-electron chi connectivity index (χ3n) is 2.46. The number of benzene rings is 1. The number of aryl methyl sites for hydroxylation is 2. The molecule has 102 valence electrons. The minimum absolute atomic E-state index is 0.216. The number of hydrogen-bond donors (Lipinski definition) is 0. The van der Waals surface area contributed by atoms with Gasteiger partial charge in [0.1, 0.15) is 5.75 Å². The Bertz CT molecular complexity index is 496. The molecule has 0 amide bonds. The molecule has 1 rings (SSSR count). The lowest BCUT2D eigenvalue weighted by Crippen LogP contribution is -2.14. The van der Waals surface area contributed by atoms with E-state index in [2.05, 4.69) is 9.47 Å². The van der Waals surface area contributed by atoms with Gasteiger partial charge in [0.25, 0.3) is 0 Å². The van der Waals surface area contributed by atoms with E-state index in [1.165, 1.54) is 14.2 Å². The van der Waals surface area contributed by atoms with E-state index in [1.54, 1.807) is 0 Å². The van der Waals surface area contributed by atoms with Gasteiger partial charge in [0.2, 0.25) is 5.76 Å². The van der Waals surface area contributed by atoms with E-state index in [-0.39, 0.29) is 5.76 Å². The SMILES string of the molecule is COC(=O)C=C(Oc1c(C)cccc1C)C(=O)OC. The molecule has 0 aliphatic carbocycles. The topological polar surface area (TPSA) is 61.8 Å². The Morgan fingerprint density at radius 3 is 2.11 bits per heavy atom. The maximum absolute atomic E-state index is 11.6. The molecule has 1 aromatic rings. The molecule has 0 saturated heterocycles. The molecular formula is C14H16O5. The fourth-order valence-electron chi connectivity index (χ4n) is 1.47. The molecule has 0 radical (unpaired) electrons. The van der Waals surface area contributed by atoms with Gasteiger partial charge in [-0.15, -0.1) is 0 Å². The van der Waals surface area contributed by atoms with Crippen LogP contribution in [-0.4, -0.2) is 26.2 Å². The van der Waals surface area contributed by atoms with Crippen LogP contribution in [0.25, 0.3) is 0 Å². The van der Waals surface area contributed by atoms with Crippen LogP contribution in [0, 0.1) is 13.8 Å². The van der Waals surface area contributed by atoms with Crippen LogP contribution in [0.2, 0.25) is 0 Å². The molecule has 5 nitrogen and oxygen atoms in total. The van der Waals surface area contributed by atoms with Crippen molar-refractivity contribution in [3.63, 3.8) is 0 Å². The van der Waals surface area contributed by atoms with E-state index in [9.17, 15) is 9.59 Å². The van der Waals surface area contributed by atoms with Crippen LogP contribution in [-0.2, 0) is 19.1 Å². The predicted molar refractivity (Wildman–Crippen MR) is 68.7 cm³/mol. The summed E-state index contributed by atoms with van der Waals surface area (Å²) in [5.41, 5.74) is 1.69. The summed E-state index contributed by atoms with van der Waals surface area (Å²) in [5, 5.41) is 0. The van der Waals surface area contributed by atoms with E-state index in [0.29, 0.717) is 5.75 Å². The summed E-state index contributed by atoms with van der Waals surface area (Å²) in [4.78, 5) is 22.8. The third kappa shape index (κ3) is 3.84. The quantitative estimate of drug-likeness (QED) is 0.472. The second-order valence-corrected chi connectivity index (χ2v) is 3.85. The Morgan fingerprint density at radius 1 is 1.05 bits per heavy atom. The van der Waals surface area contributed by atoms with Crippen molar-refractivity contribution in [1.82, 2.24) is 0 Å². The molecule has 0 saturated carbocycles. The maximum Gasteiger partial charge on any atom is 0.374 e. The minimum Gasteiger partial charge on any atom is -0.466 e. The lowest BCUT2D eigenvalue weighted by atomic mass is 10.1. The zero-order chi connectivity index (χ0) is 14.4. The van der Waals surface area contributed by atoms with Crippen LogP contribution in [0.4, 0.5) is 0 Å². The summed E-state index contributed by atoms with van der Waals surface area (Å²) in [6, 6.07) is 5.56. The molecule has 0 bridgehead atoms. The summed E-state index contributed by atoms with van der Waals surface area (Å²) in [7, 11) is 2.42. The molecule has 0 unspecified atom stereocenters. The van der Waals surface area contributed by atoms with E-state index >= 15 is 0 Å². The smallest absolute Gasteiger partial charge is 0.374 e. The van der Waals surface area contributed by atoms with E-state index in [0.717, 1.165) is 17.2 Å². The number of rotatable bonds is 4. The van der Waals surface area contributed by atoms with E-state index in [4.69, 9.17) is 4.74 Å². The lowest BCUT2D eigenvalue weighted by Gasteiger charge is -2.12. The van der Waals surface area contributed by atoms with Crippen LogP contribution in [0.1, 0.15) is 11.1 Å². The summed E-state index contributed by atoms with van der Waals surface area (Å²) >= 11 is 0. The Morgan fingerprint density at radius 2 is 1.63 bits per heavy atom. The Hall–Kier alpha value is -2.30. The predicted octanol–water partition coefficient (Wildman–Crippen LogP) is 1.91. The molecule has 0 N–H and O–H groups in total. The first kappa shape index (κ1) is 14.8. The van der Waals surface area contributed by atoms with Gasteiger partial charge >= 0.3 is 11.9 Å². The molecule has 0 aromatic heterocycles. The highest BCUT2D eigenvalue weighted by atomic mass is 16.6. The van der Waals surface area contributed by atoms with Gasteiger partial charge in [0.15, 0.2) is 0 Å². The maximum atomic E-state index is 11.6. The summed E-state index contributed by atoms with van der Waals surface area (Å²) in [5.74, 6) is -1.13. The molecular weight excluding hydrogens is 248 g/mol. The highest BCUT2D eigenvalue weighted by Gasteiger charge is 2.17. The van der Waals surface area contributed by atoms with E-state index in [1.807, 2.05) is 32.0 Å². The summed E-state index contributed by atoms with van der Waals surface area (Å²) in [6.45, 7) is 3.69. The molecule has 0 fully saturated rings. The number of methoxy groups -OCH3 is 2. The van der Waals surface area contributed by atoms with Gasteiger partial charge < -0.3 is 14.2 Å². The fraction of sp³-hybridized carbons (Fsp3) is 0.286. The zero-order valence-corrected chi connectivity index (χ0v) is 11.4. The van der Waals surface area contributed by atoms with Crippen LogP contribution in [0.15, 0.2) is 30.0 Å². The Balaban J connectivity index is 3.11. The number of para-hydroxylation sites is 1. The van der Waals surface area contributed by atoms with Gasteiger partial charge in [0.05, 0.1) is 20.3 Å². The van der Waals surface area contributed by atoms with Gasteiger partial charge in [0, 0.05) is 0 Å². The zero-order valence-electron chi connectivity index (χ0n) is 11.4. The molecule has 0 aliphatic heterocycles. The number of ether oxygens (including phenoxy) is 3. The fourth-order valence-corrected chi connectivity index (χ4v) is 1.47. The number of carbonyl (C=O) groups excluding carboxylic acids is 2. The molecule has 5 heteroatoms. The van der Waals surface area contributed by atoms with E-state index < -0.39 is 11.9 Å². The first-order valence-electron chi connectivity index (χ1n) is 5.61. The molecule has 0 spiro atoms. The molecule has 0 aliphatic rings. The van der Waals surface area contributed by atoms with Gasteiger partial charge in [-0.3, -0.25) is 0 Å². The lowest BCUT2D eigenvalue weighted by molar-refractivity contribution is -0.140. The van der Waals surface area contributed by atoms with Crippen molar-refractivity contribution in [2.45, 2.75) is 13.8 Å². The van der Waals surface area contributed by atoms with Crippen molar-refractivity contribution >= 4 is 11.9 Å². The van der Waals surface area contributed by atoms with Crippen molar-refractivity contribution in [3.05, 3.63) is 41.2 Å². The van der Waals surface area contributed by atoms with Crippen LogP contribution < -0.4 is 4.74 Å². The Labute approximate surface area is 111 Å². The monoisotopic (exact) mass is 264 g/mol. The number of hydrogen-bond acceptors (Lipinski definition) is 5. The molecule has 0 heterocycles. The summed E-state index contributed by atoms with van der Waals surface area (Å²) < 4.78 is 14.5. The van der Waals surface area contributed by atoms with Crippen LogP contribution >= 0.6 is 0 Å². The van der Waals surface area contributed by atoms with Crippen molar-refractivity contribution in [3.8, 4) is 5.75 Å². The first-order valence-corrected chi connectivity index (χ1v) is 5.61. The highest BCUT2D eigenvalue weighted by molar-refractivity contribution is 5.95. The average Bonchev–Trinajstić information content (AvgIpc) is 2.40. The first-order chi connectivity index (χ1) is 8.99. The van der Waals surface area contributed by atoms with Gasteiger partial charge in [-0.2, -0.15) is 0 Å². The van der Waals surface area contributed by atoms with Crippen molar-refractivity contribution in [2.75, 3.05) is 14.2 Å². The number of esters is 2. The van der Waals surface area contributed by atoms with Gasteiger partial charge in [-0.05, 0) is 25.0 Å². The normalized spacial score (nSPS) is 10.8. The highest BCUT2D eigenvalue weighted by Crippen LogP contribution is 2.24. The average molecular weight is 264 g/mol. The third-order valence-corrected chi connectivity index (χ3v) is 2.46. The number of carbonyl (C=O) groups is 2.